The SMILES string of the molecule is O=C(CCc1cccc(C(=O)O)c1)Cc1nc2ccc(-c3cccs3)cc2s1. The highest BCUT2D eigenvalue weighted by Crippen LogP contribution is 2.30. The number of thiophene rings is 1. The summed E-state index contributed by atoms with van der Waals surface area (Å²) in [5, 5.41) is 11.9. The minimum atomic E-state index is -0.954. The molecule has 0 spiro atoms. The van der Waals surface area contributed by atoms with Crippen LogP contribution in [0.25, 0.3) is 20.7 Å². The Hall–Kier alpha value is -2.83. The number of carboxylic acid groups (broad SMARTS) is 1. The van der Waals surface area contributed by atoms with Gasteiger partial charge < -0.3 is 5.11 Å². The van der Waals surface area contributed by atoms with Gasteiger partial charge in [0.05, 0.1) is 22.2 Å². The van der Waals surface area contributed by atoms with Gasteiger partial charge in [0.2, 0.25) is 0 Å². The molecule has 0 bridgehead atoms. The minimum absolute atomic E-state index is 0.110. The van der Waals surface area contributed by atoms with Crippen molar-refractivity contribution in [1.82, 2.24) is 4.98 Å². The number of hydrogen-bond donors (Lipinski definition) is 1. The Morgan fingerprint density at radius 1 is 1.04 bits per heavy atom. The lowest BCUT2D eigenvalue weighted by molar-refractivity contribution is -0.118. The molecule has 0 saturated heterocycles. The Morgan fingerprint density at radius 2 is 1.93 bits per heavy atom. The third-order valence-corrected chi connectivity index (χ3v) is 6.39. The topological polar surface area (TPSA) is 67.3 Å². The van der Waals surface area contributed by atoms with Crippen LogP contribution in [0.2, 0.25) is 0 Å². The third-order valence-electron chi connectivity index (χ3n) is 4.45. The lowest BCUT2D eigenvalue weighted by Gasteiger charge is -2.02. The van der Waals surface area contributed by atoms with E-state index in [2.05, 4.69) is 28.6 Å². The number of carboxylic acids is 1. The number of aromatic nitrogens is 1. The molecule has 0 aliphatic heterocycles. The highest BCUT2D eigenvalue weighted by Gasteiger charge is 2.11. The highest BCUT2D eigenvalue weighted by atomic mass is 32.1. The van der Waals surface area contributed by atoms with Gasteiger partial charge in [0.1, 0.15) is 10.8 Å². The van der Waals surface area contributed by atoms with Crippen LogP contribution in [0.4, 0.5) is 0 Å². The molecule has 140 valence electrons. The highest BCUT2D eigenvalue weighted by molar-refractivity contribution is 7.18. The van der Waals surface area contributed by atoms with Gasteiger partial charge in [0.25, 0.3) is 0 Å². The number of Topliss-reactive ketones (excluding diaryl/α,β-unsaturated/α-hetero) is 1. The molecule has 0 amide bonds. The van der Waals surface area contributed by atoms with Gasteiger partial charge in [-0.05, 0) is 53.3 Å². The average Bonchev–Trinajstić information content (AvgIpc) is 3.35. The van der Waals surface area contributed by atoms with Gasteiger partial charge in [0.15, 0.2) is 0 Å². The number of fused-ring (bicyclic) bond motifs is 1. The number of carbonyl (C=O) groups excluding carboxylic acids is 1. The molecule has 0 unspecified atom stereocenters. The standard InChI is InChI=1S/C22H17NO3S2/c24-17(8-6-14-3-1-4-16(11-14)22(25)26)13-21-23-18-9-7-15(12-20(18)28-21)19-5-2-10-27-19/h1-5,7,9-12H,6,8,13H2,(H,25,26). The van der Waals surface area contributed by atoms with Crippen LogP contribution in [0.1, 0.15) is 27.3 Å². The summed E-state index contributed by atoms with van der Waals surface area (Å²) in [6.07, 6.45) is 1.22. The van der Waals surface area contributed by atoms with Crippen molar-refractivity contribution < 1.29 is 14.7 Å². The van der Waals surface area contributed by atoms with Crippen molar-refractivity contribution in [3.8, 4) is 10.4 Å². The Labute approximate surface area is 170 Å². The number of thiazole rings is 1. The van der Waals surface area contributed by atoms with E-state index in [0.717, 1.165) is 20.8 Å². The van der Waals surface area contributed by atoms with Crippen LogP contribution >= 0.6 is 22.7 Å². The van der Waals surface area contributed by atoms with Crippen LogP contribution in [0.3, 0.4) is 0 Å². The summed E-state index contributed by atoms with van der Waals surface area (Å²) in [7, 11) is 0. The fourth-order valence-electron chi connectivity index (χ4n) is 3.04. The monoisotopic (exact) mass is 407 g/mol. The first kappa shape index (κ1) is 18.5. The fraction of sp³-hybridized carbons (Fsp3) is 0.136. The second kappa shape index (κ2) is 8.04. The second-order valence-corrected chi connectivity index (χ2v) is 8.55. The predicted molar refractivity (Wildman–Crippen MR) is 113 cm³/mol. The lowest BCUT2D eigenvalue weighted by Crippen LogP contribution is -2.05. The Kier molecular flexibility index (Phi) is 5.32. The quantitative estimate of drug-likeness (QED) is 0.441. The van der Waals surface area contributed by atoms with Crippen molar-refractivity contribution in [1.29, 1.82) is 0 Å². The van der Waals surface area contributed by atoms with E-state index in [1.807, 2.05) is 18.2 Å². The van der Waals surface area contributed by atoms with E-state index in [-0.39, 0.29) is 11.3 Å². The molecule has 0 fully saturated rings. The summed E-state index contributed by atoms with van der Waals surface area (Å²) in [5.74, 6) is -0.845. The summed E-state index contributed by atoms with van der Waals surface area (Å²) in [6, 6.07) is 17.1. The van der Waals surface area contributed by atoms with Crippen molar-refractivity contribution in [3.05, 3.63) is 76.1 Å². The van der Waals surface area contributed by atoms with Crippen LogP contribution in [0.5, 0.6) is 0 Å². The predicted octanol–water partition coefficient (Wildman–Crippen LogP) is 5.47. The zero-order chi connectivity index (χ0) is 19.5. The van der Waals surface area contributed by atoms with E-state index >= 15 is 0 Å². The molecule has 0 aliphatic rings. The molecule has 2 aromatic heterocycles. The average molecular weight is 408 g/mol. The molecule has 4 nitrogen and oxygen atoms in total. The minimum Gasteiger partial charge on any atom is -0.478 e. The molecule has 0 atom stereocenters. The van der Waals surface area contributed by atoms with Crippen LogP contribution in [-0.4, -0.2) is 21.8 Å². The van der Waals surface area contributed by atoms with Crippen molar-refractivity contribution in [2.75, 3.05) is 0 Å². The van der Waals surface area contributed by atoms with Crippen LogP contribution in [0, 0.1) is 0 Å². The molecule has 0 saturated carbocycles. The number of aromatic carboxylic acids is 1. The van der Waals surface area contributed by atoms with Crippen molar-refractivity contribution in [3.63, 3.8) is 0 Å². The number of benzene rings is 2. The molecule has 28 heavy (non-hydrogen) atoms. The zero-order valence-electron chi connectivity index (χ0n) is 14.9. The summed E-state index contributed by atoms with van der Waals surface area (Å²) in [6.45, 7) is 0. The molecule has 2 aromatic carbocycles. The fourth-order valence-corrected chi connectivity index (χ4v) is 4.80. The molecular weight excluding hydrogens is 390 g/mol. The normalized spacial score (nSPS) is 11.0. The summed E-state index contributed by atoms with van der Waals surface area (Å²) >= 11 is 3.26. The maximum absolute atomic E-state index is 12.4. The molecule has 2 heterocycles. The van der Waals surface area contributed by atoms with Crippen LogP contribution in [0.15, 0.2) is 60.0 Å². The molecule has 0 radical (unpaired) electrons. The Bertz CT molecular complexity index is 1150. The number of rotatable bonds is 7. The van der Waals surface area contributed by atoms with Gasteiger partial charge >= 0.3 is 5.97 Å². The van der Waals surface area contributed by atoms with Gasteiger partial charge in [-0.1, -0.05) is 24.3 Å². The van der Waals surface area contributed by atoms with E-state index in [1.54, 1.807) is 40.9 Å². The number of ketones is 1. The zero-order valence-corrected chi connectivity index (χ0v) is 16.6. The summed E-state index contributed by atoms with van der Waals surface area (Å²) in [4.78, 5) is 29.2. The van der Waals surface area contributed by atoms with Crippen molar-refractivity contribution >= 4 is 44.6 Å². The first-order valence-corrected chi connectivity index (χ1v) is 10.6. The lowest BCUT2D eigenvalue weighted by atomic mass is 10.0. The maximum Gasteiger partial charge on any atom is 0.335 e. The second-order valence-electron chi connectivity index (χ2n) is 6.49. The Balaban J connectivity index is 1.42. The van der Waals surface area contributed by atoms with Crippen molar-refractivity contribution in [2.24, 2.45) is 0 Å². The van der Waals surface area contributed by atoms with E-state index in [9.17, 15) is 9.59 Å². The van der Waals surface area contributed by atoms with Gasteiger partial charge in [0, 0.05) is 11.3 Å². The van der Waals surface area contributed by atoms with E-state index in [4.69, 9.17) is 5.11 Å². The van der Waals surface area contributed by atoms with Gasteiger partial charge in [-0.15, -0.1) is 22.7 Å². The van der Waals surface area contributed by atoms with E-state index in [1.165, 1.54) is 10.4 Å². The molecule has 1 N–H and O–H groups in total. The molecular formula is C22H17NO3S2. The number of hydrogen-bond acceptors (Lipinski definition) is 5. The van der Waals surface area contributed by atoms with Crippen LogP contribution < -0.4 is 0 Å². The third kappa shape index (κ3) is 4.18. The van der Waals surface area contributed by atoms with Gasteiger partial charge in [-0.3, -0.25) is 4.79 Å². The van der Waals surface area contributed by atoms with Crippen molar-refractivity contribution in [2.45, 2.75) is 19.3 Å². The van der Waals surface area contributed by atoms with Gasteiger partial charge in [-0.2, -0.15) is 0 Å². The van der Waals surface area contributed by atoms with E-state index < -0.39 is 5.97 Å². The summed E-state index contributed by atoms with van der Waals surface area (Å²) < 4.78 is 1.09. The van der Waals surface area contributed by atoms with Crippen LogP contribution in [-0.2, 0) is 17.6 Å². The largest absolute Gasteiger partial charge is 0.478 e. The van der Waals surface area contributed by atoms with Gasteiger partial charge in [-0.25, -0.2) is 9.78 Å². The first-order chi connectivity index (χ1) is 13.6. The number of nitrogens with zero attached hydrogens (tertiary/aromatic N) is 1. The molecule has 4 aromatic rings. The number of carbonyl (C=O) groups is 2. The first-order valence-electron chi connectivity index (χ1n) is 8.86. The van der Waals surface area contributed by atoms with E-state index in [0.29, 0.717) is 19.3 Å². The smallest absolute Gasteiger partial charge is 0.335 e. The molecule has 0 aliphatic carbocycles. The molecule has 4 rings (SSSR count). The number of aryl methyl sites for hydroxylation is 1. The summed E-state index contributed by atoms with van der Waals surface area (Å²) in [5.41, 5.74) is 3.19. The maximum atomic E-state index is 12.4. The molecule has 6 heteroatoms. The Morgan fingerprint density at radius 3 is 2.71 bits per heavy atom.